The molecular formula is C26H35FN5O13P. The average molecular weight is 676 g/mol. The molecule has 7 N–H and O–H groups in total. The summed E-state index contributed by atoms with van der Waals surface area (Å²) >= 11 is 0. The quantitative estimate of drug-likeness (QED) is 0.0931. The van der Waals surface area contributed by atoms with E-state index >= 15 is 4.39 Å². The number of fused-ring (bicyclic) bond motifs is 1. The zero-order chi connectivity index (χ0) is 35.0. The SMILES string of the molecule is C#C[C@@]1(n2cc(C(N)=O)c3c(=O)[nH]c(N)nc32)O[C@](F)(COP(=O)(OCOC(=O)C(C)(C)C)OCOC(=O)C(C)(C)C)[C@@H](O)[C@H]1O. The van der Waals surface area contributed by atoms with Gasteiger partial charge in [0.1, 0.15) is 18.8 Å². The first-order chi connectivity index (χ1) is 21.0. The summed E-state index contributed by atoms with van der Waals surface area (Å²) in [6.07, 6.45) is 1.53. The molecule has 4 atom stereocenters. The summed E-state index contributed by atoms with van der Waals surface area (Å²) in [6.45, 7) is 5.49. The van der Waals surface area contributed by atoms with Crippen molar-refractivity contribution in [1.82, 2.24) is 14.5 Å². The van der Waals surface area contributed by atoms with E-state index in [4.69, 9.17) is 45.7 Å². The van der Waals surface area contributed by atoms with E-state index in [1.807, 2.05) is 5.92 Å². The fourth-order valence-electron chi connectivity index (χ4n) is 3.91. The minimum atomic E-state index is -5.02. The van der Waals surface area contributed by atoms with E-state index in [9.17, 15) is 34.0 Å². The fourth-order valence-corrected chi connectivity index (χ4v) is 4.83. The molecule has 46 heavy (non-hydrogen) atoms. The first-order valence-corrected chi connectivity index (χ1v) is 14.8. The highest BCUT2D eigenvalue weighted by Gasteiger charge is 2.65. The van der Waals surface area contributed by atoms with Gasteiger partial charge in [-0.3, -0.25) is 33.3 Å². The minimum absolute atomic E-state index is 0.449. The first-order valence-electron chi connectivity index (χ1n) is 13.3. The Balaban J connectivity index is 1.94. The molecule has 18 nitrogen and oxygen atoms in total. The third-order valence-corrected chi connectivity index (χ3v) is 7.71. The molecular weight excluding hydrogens is 640 g/mol. The van der Waals surface area contributed by atoms with Gasteiger partial charge in [-0.2, -0.15) is 4.98 Å². The number of aliphatic hydroxyl groups excluding tert-OH is 2. The molecule has 0 unspecified atom stereocenters. The molecule has 0 aliphatic carbocycles. The van der Waals surface area contributed by atoms with E-state index in [0.717, 1.165) is 6.20 Å². The van der Waals surface area contributed by atoms with Crippen LogP contribution in [0.1, 0.15) is 51.9 Å². The smallest absolute Gasteiger partial charge is 0.437 e. The second-order valence-corrected chi connectivity index (χ2v) is 13.8. The number of alkyl halides is 1. The lowest BCUT2D eigenvalue weighted by atomic mass is 9.98. The first kappa shape index (κ1) is 36.6. The number of carbonyl (C=O) groups is 3. The summed E-state index contributed by atoms with van der Waals surface area (Å²) in [6, 6.07) is 0. The summed E-state index contributed by atoms with van der Waals surface area (Å²) in [7, 11) is -5.02. The van der Waals surface area contributed by atoms with Gasteiger partial charge < -0.3 is 35.9 Å². The summed E-state index contributed by atoms with van der Waals surface area (Å²) in [5, 5.41) is 21.3. The number of carbonyl (C=O) groups excluding carboxylic acids is 3. The van der Waals surface area contributed by atoms with E-state index in [1.165, 1.54) is 41.5 Å². The van der Waals surface area contributed by atoms with Crippen LogP contribution in [0.25, 0.3) is 11.0 Å². The number of phosphoric ester groups is 1. The van der Waals surface area contributed by atoms with Gasteiger partial charge in [0, 0.05) is 6.20 Å². The van der Waals surface area contributed by atoms with E-state index in [1.54, 1.807) is 0 Å². The number of aromatic nitrogens is 3. The molecule has 1 amide bonds. The van der Waals surface area contributed by atoms with Gasteiger partial charge >= 0.3 is 19.8 Å². The van der Waals surface area contributed by atoms with Crippen LogP contribution in [0, 0.1) is 23.2 Å². The molecule has 0 radical (unpaired) electrons. The Morgan fingerprint density at radius 3 is 2.09 bits per heavy atom. The van der Waals surface area contributed by atoms with Crippen LogP contribution in [-0.4, -0.2) is 80.8 Å². The topological polar surface area (TPSA) is 267 Å². The molecule has 1 saturated heterocycles. The number of hydrogen-bond donors (Lipinski definition) is 5. The zero-order valence-corrected chi connectivity index (χ0v) is 26.6. The lowest BCUT2D eigenvalue weighted by Gasteiger charge is -2.29. The van der Waals surface area contributed by atoms with Crippen LogP contribution in [0.3, 0.4) is 0 Å². The number of rotatable bonds is 11. The number of hydrogen-bond acceptors (Lipinski definition) is 15. The van der Waals surface area contributed by atoms with Crippen LogP contribution in [0.15, 0.2) is 11.0 Å². The maximum atomic E-state index is 16.3. The number of primary amides is 1. The molecule has 3 rings (SSSR count). The van der Waals surface area contributed by atoms with Crippen LogP contribution in [0.4, 0.5) is 10.3 Å². The van der Waals surface area contributed by atoms with Crippen molar-refractivity contribution in [2.24, 2.45) is 16.6 Å². The van der Waals surface area contributed by atoms with Crippen LogP contribution >= 0.6 is 7.82 Å². The Morgan fingerprint density at radius 1 is 1.11 bits per heavy atom. The van der Waals surface area contributed by atoms with Crippen molar-refractivity contribution >= 4 is 42.7 Å². The standard InChI is InChI=1S/C26H35FN5O13P/c1-8-26(32-9-13(17(28)35)14-18(32)30-22(29)31-19(14)36)16(34)15(33)25(27,45-26)10-42-46(39,43-11-40-20(37)23(2,3)4)44-12-41-21(38)24(5,6)7/h1,9,15-16,33-34H,10-12H2,2-7H3,(H2,28,35)(H3,29,30,31,36)/t15-,16+,25+,26+/m0/s1. The fraction of sp³-hybridized carbons (Fsp3) is 0.577. The number of nitrogen functional groups attached to an aromatic ring is 1. The summed E-state index contributed by atoms with van der Waals surface area (Å²) in [4.78, 5) is 54.9. The number of terminal acetylenes is 1. The third-order valence-electron chi connectivity index (χ3n) is 6.42. The van der Waals surface area contributed by atoms with Crippen LogP contribution in [0.5, 0.6) is 0 Å². The lowest BCUT2D eigenvalue weighted by molar-refractivity contribution is -0.225. The number of aromatic amines is 1. The number of nitrogens with zero attached hydrogens (tertiary/aromatic N) is 2. The normalized spacial score (nSPS) is 23.7. The second kappa shape index (κ2) is 12.7. The van der Waals surface area contributed by atoms with Crippen molar-refractivity contribution in [3.8, 4) is 12.3 Å². The molecule has 1 aliphatic heterocycles. The predicted molar refractivity (Wildman–Crippen MR) is 154 cm³/mol. The van der Waals surface area contributed by atoms with Crippen molar-refractivity contribution in [1.29, 1.82) is 0 Å². The lowest BCUT2D eigenvalue weighted by Crippen LogP contribution is -2.45. The average Bonchev–Trinajstić information content (AvgIpc) is 3.41. The number of amides is 1. The second-order valence-electron chi connectivity index (χ2n) is 12.1. The van der Waals surface area contributed by atoms with Gasteiger partial charge in [-0.05, 0) is 47.5 Å². The molecule has 3 heterocycles. The van der Waals surface area contributed by atoms with Gasteiger partial charge in [0.25, 0.3) is 17.3 Å². The van der Waals surface area contributed by atoms with Crippen molar-refractivity contribution in [2.45, 2.75) is 65.3 Å². The Bertz CT molecular complexity index is 1640. The zero-order valence-electron chi connectivity index (χ0n) is 25.7. The number of aliphatic hydroxyl groups is 2. The van der Waals surface area contributed by atoms with E-state index in [0.29, 0.717) is 4.57 Å². The Kier molecular flexibility index (Phi) is 10.1. The van der Waals surface area contributed by atoms with E-state index < -0.39 is 109 Å². The number of nitrogens with two attached hydrogens (primary N) is 2. The maximum absolute atomic E-state index is 16.3. The largest absolute Gasteiger partial charge is 0.480 e. The Hall–Kier alpha value is -3.89. The monoisotopic (exact) mass is 675 g/mol. The summed E-state index contributed by atoms with van der Waals surface area (Å²) < 4.78 is 60.5. The Labute approximate surface area is 261 Å². The van der Waals surface area contributed by atoms with Crippen molar-refractivity contribution in [2.75, 3.05) is 25.9 Å². The molecule has 0 aromatic carbocycles. The van der Waals surface area contributed by atoms with Gasteiger partial charge in [0.05, 0.1) is 21.8 Å². The molecule has 254 valence electrons. The number of esters is 2. The van der Waals surface area contributed by atoms with Crippen LogP contribution in [-0.2, 0) is 47.7 Å². The molecule has 20 heteroatoms. The predicted octanol–water partition coefficient (Wildman–Crippen LogP) is 0.361. The number of H-pyrrole nitrogens is 1. The van der Waals surface area contributed by atoms with Gasteiger partial charge in [-0.25, -0.2) is 18.0 Å². The maximum Gasteiger partial charge on any atom is 0.480 e. The van der Waals surface area contributed by atoms with E-state index in [2.05, 4.69) is 9.97 Å². The van der Waals surface area contributed by atoms with Gasteiger partial charge in [-0.1, -0.05) is 0 Å². The highest BCUT2D eigenvalue weighted by Crippen LogP contribution is 2.52. The van der Waals surface area contributed by atoms with Crippen LogP contribution < -0.4 is 17.0 Å². The van der Waals surface area contributed by atoms with Gasteiger partial charge in [-0.15, -0.1) is 6.42 Å². The molecule has 1 aliphatic rings. The molecule has 0 spiro atoms. The Morgan fingerprint density at radius 2 is 1.63 bits per heavy atom. The van der Waals surface area contributed by atoms with E-state index in [-0.39, 0.29) is 0 Å². The number of anilines is 1. The van der Waals surface area contributed by atoms with Crippen molar-refractivity contribution in [3.05, 3.63) is 22.1 Å². The summed E-state index contributed by atoms with van der Waals surface area (Å²) in [5.41, 5.74) is 4.35. The van der Waals surface area contributed by atoms with Crippen LogP contribution in [0.2, 0.25) is 0 Å². The van der Waals surface area contributed by atoms with Gasteiger partial charge in [0.15, 0.2) is 5.65 Å². The van der Waals surface area contributed by atoms with Gasteiger partial charge in [0.2, 0.25) is 25.3 Å². The molecule has 0 bridgehead atoms. The van der Waals surface area contributed by atoms with Crippen molar-refractivity contribution in [3.63, 3.8) is 0 Å². The minimum Gasteiger partial charge on any atom is -0.437 e. The number of ether oxygens (including phenoxy) is 3. The molecule has 1 fully saturated rings. The molecule has 2 aromatic rings. The number of nitrogens with one attached hydrogen (secondary N) is 1. The third kappa shape index (κ3) is 7.23. The highest BCUT2D eigenvalue weighted by atomic mass is 31.2. The highest BCUT2D eigenvalue weighted by molar-refractivity contribution is 7.48. The summed E-state index contributed by atoms with van der Waals surface area (Å²) in [5.74, 6) is -4.75. The number of halogens is 1. The molecule has 0 saturated carbocycles. The number of phosphoric acid groups is 1. The molecule has 2 aromatic heterocycles. The van der Waals surface area contributed by atoms with Crippen molar-refractivity contribution < 1.29 is 61.3 Å².